The van der Waals surface area contributed by atoms with Crippen LogP contribution in [0, 0.1) is 5.95 Å². The fraction of sp³-hybridized carbons (Fsp3) is 0.400. The molecule has 2 aliphatic rings. The summed E-state index contributed by atoms with van der Waals surface area (Å²) in [5.41, 5.74) is 1.84. The number of pyridine rings is 1. The molecule has 4 heteroatoms. The topological polar surface area (TPSA) is 24.9 Å². The summed E-state index contributed by atoms with van der Waals surface area (Å²) in [6.07, 6.45) is 6.47. The van der Waals surface area contributed by atoms with Crippen LogP contribution in [0.3, 0.4) is 0 Å². The number of nitrogens with one attached hydrogen (secondary N) is 1. The van der Waals surface area contributed by atoms with Crippen LogP contribution in [0.4, 0.5) is 4.39 Å². The Hall–Kier alpha value is -1.26. The van der Waals surface area contributed by atoms with Crippen LogP contribution >= 0.6 is 11.3 Å². The summed E-state index contributed by atoms with van der Waals surface area (Å²) in [6.45, 7) is 0. The maximum atomic E-state index is 13.9. The van der Waals surface area contributed by atoms with E-state index in [9.17, 15) is 4.39 Å². The van der Waals surface area contributed by atoms with Gasteiger partial charge in [-0.1, -0.05) is 6.07 Å². The molecule has 0 atom stereocenters. The molecule has 2 aromatic heterocycles. The third-order valence-electron chi connectivity index (χ3n) is 4.50. The van der Waals surface area contributed by atoms with Crippen molar-refractivity contribution in [1.82, 2.24) is 10.3 Å². The fourth-order valence-corrected chi connectivity index (χ4v) is 4.21. The molecule has 0 radical (unpaired) electrons. The molecule has 2 bridgehead atoms. The third-order valence-corrected chi connectivity index (χ3v) is 5.40. The molecule has 4 heterocycles. The predicted molar refractivity (Wildman–Crippen MR) is 74.6 cm³/mol. The van der Waals surface area contributed by atoms with Crippen molar-refractivity contribution in [2.45, 2.75) is 37.3 Å². The van der Waals surface area contributed by atoms with Crippen LogP contribution in [0.2, 0.25) is 0 Å². The molecule has 0 aliphatic carbocycles. The second kappa shape index (κ2) is 4.12. The molecule has 4 rings (SSSR count). The van der Waals surface area contributed by atoms with Crippen molar-refractivity contribution >= 4 is 11.3 Å². The normalized spacial score (nSPS) is 29.0. The molecule has 2 nitrogen and oxygen atoms in total. The minimum atomic E-state index is -0.366. The van der Waals surface area contributed by atoms with E-state index >= 15 is 0 Å². The van der Waals surface area contributed by atoms with Gasteiger partial charge in [-0.25, -0.2) is 4.98 Å². The third kappa shape index (κ3) is 1.74. The predicted octanol–water partition coefficient (Wildman–Crippen LogP) is 3.69. The molecule has 1 N–H and O–H groups in total. The van der Waals surface area contributed by atoms with Crippen LogP contribution in [-0.4, -0.2) is 11.0 Å². The van der Waals surface area contributed by atoms with Gasteiger partial charge in [0.15, 0.2) is 0 Å². The van der Waals surface area contributed by atoms with Crippen LogP contribution in [0.25, 0.3) is 10.4 Å². The molecule has 0 aromatic carbocycles. The van der Waals surface area contributed by atoms with E-state index in [1.807, 2.05) is 23.6 Å². The summed E-state index contributed by atoms with van der Waals surface area (Å²) in [5, 5.41) is 5.66. The molecule has 0 unspecified atom stereocenters. The van der Waals surface area contributed by atoms with E-state index in [0.717, 1.165) is 23.3 Å². The van der Waals surface area contributed by atoms with E-state index in [4.69, 9.17) is 0 Å². The molecule has 0 amide bonds. The first-order valence-electron chi connectivity index (χ1n) is 6.74. The van der Waals surface area contributed by atoms with E-state index in [1.54, 1.807) is 17.5 Å². The molecule has 98 valence electrons. The van der Waals surface area contributed by atoms with E-state index in [-0.39, 0.29) is 11.5 Å². The largest absolute Gasteiger partial charge is 0.305 e. The molecule has 2 aromatic rings. The average Bonchev–Trinajstić information content (AvgIpc) is 3.16. The van der Waals surface area contributed by atoms with Crippen LogP contribution in [-0.2, 0) is 5.54 Å². The van der Waals surface area contributed by atoms with Crippen LogP contribution in [0.1, 0.15) is 31.2 Å². The Bertz CT molecular complexity index is 601. The lowest BCUT2D eigenvalue weighted by atomic mass is 9.82. The lowest BCUT2D eigenvalue weighted by Crippen LogP contribution is -2.33. The number of hydrogen-bond acceptors (Lipinski definition) is 3. The molecular formula is C15H15FN2S. The minimum Gasteiger partial charge on any atom is -0.305 e. The highest BCUT2D eigenvalue weighted by Crippen LogP contribution is 2.45. The molecular weight excluding hydrogens is 259 g/mol. The summed E-state index contributed by atoms with van der Waals surface area (Å²) >= 11 is 1.56. The van der Waals surface area contributed by atoms with Crippen LogP contribution in [0.5, 0.6) is 0 Å². The SMILES string of the molecule is Fc1ncc(C23CCC(CC2)N3)cc1-c1cccs1. The van der Waals surface area contributed by atoms with E-state index < -0.39 is 0 Å². The summed E-state index contributed by atoms with van der Waals surface area (Å²) < 4.78 is 13.9. The van der Waals surface area contributed by atoms with E-state index in [2.05, 4.69) is 10.3 Å². The maximum absolute atomic E-state index is 13.9. The Labute approximate surface area is 115 Å². The zero-order valence-corrected chi connectivity index (χ0v) is 11.3. The lowest BCUT2D eigenvalue weighted by molar-refractivity contribution is 0.398. The van der Waals surface area contributed by atoms with Crippen molar-refractivity contribution in [2.24, 2.45) is 0 Å². The van der Waals surface area contributed by atoms with Crippen molar-refractivity contribution < 1.29 is 4.39 Å². The number of hydrogen-bond donors (Lipinski definition) is 1. The van der Waals surface area contributed by atoms with Gasteiger partial charge in [0.2, 0.25) is 5.95 Å². The molecule has 19 heavy (non-hydrogen) atoms. The van der Waals surface area contributed by atoms with Gasteiger partial charge in [-0.3, -0.25) is 0 Å². The number of halogens is 1. The summed E-state index contributed by atoms with van der Waals surface area (Å²) in [6, 6.07) is 6.54. The highest BCUT2D eigenvalue weighted by atomic mass is 32.1. The van der Waals surface area contributed by atoms with Gasteiger partial charge in [0.1, 0.15) is 0 Å². The molecule has 0 saturated carbocycles. The summed E-state index contributed by atoms with van der Waals surface area (Å²) in [4.78, 5) is 4.95. The van der Waals surface area contributed by atoms with Gasteiger partial charge in [-0.05, 0) is 48.8 Å². The Kier molecular flexibility index (Phi) is 2.50. The fourth-order valence-electron chi connectivity index (χ4n) is 3.48. The number of fused-ring (bicyclic) bond motifs is 2. The van der Waals surface area contributed by atoms with Gasteiger partial charge >= 0.3 is 0 Å². The Morgan fingerprint density at radius 2 is 2.21 bits per heavy atom. The van der Waals surface area contributed by atoms with Crippen LogP contribution < -0.4 is 5.32 Å². The van der Waals surface area contributed by atoms with Gasteiger partial charge in [0.05, 0.1) is 0 Å². The monoisotopic (exact) mass is 274 g/mol. The second-order valence-electron chi connectivity index (χ2n) is 5.54. The van der Waals surface area contributed by atoms with Crippen molar-refractivity contribution in [3.05, 3.63) is 41.3 Å². The molecule has 0 spiro atoms. The molecule has 2 aliphatic heterocycles. The molecule has 2 fully saturated rings. The number of aromatic nitrogens is 1. The number of thiophene rings is 1. The Morgan fingerprint density at radius 1 is 1.37 bits per heavy atom. The maximum Gasteiger partial charge on any atom is 0.221 e. The summed E-state index contributed by atoms with van der Waals surface area (Å²) in [7, 11) is 0. The second-order valence-corrected chi connectivity index (χ2v) is 6.49. The molecule has 2 saturated heterocycles. The van der Waals surface area contributed by atoms with Crippen molar-refractivity contribution in [3.8, 4) is 10.4 Å². The minimum absolute atomic E-state index is 0.0530. The van der Waals surface area contributed by atoms with Crippen LogP contribution in [0.15, 0.2) is 29.8 Å². The van der Waals surface area contributed by atoms with E-state index in [1.165, 1.54) is 12.8 Å². The van der Waals surface area contributed by atoms with Gasteiger partial charge in [0, 0.05) is 28.2 Å². The first kappa shape index (κ1) is 11.6. The lowest BCUT2D eigenvalue weighted by Gasteiger charge is -2.26. The highest BCUT2D eigenvalue weighted by Gasteiger charge is 2.45. The van der Waals surface area contributed by atoms with Gasteiger partial charge < -0.3 is 5.32 Å². The van der Waals surface area contributed by atoms with Gasteiger partial charge in [-0.15, -0.1) is 11.3 Å². The van der Waals surface area contributed by atoms with Crippen molar-refractivity contribution in [2.75, 3.05) is 0 Å². The van der Waals surface area contributed by atoms with E-state index in [0.29, 0.717) is 11.6 Å². The number of rotatable bonds is 2. The van der Waals surface area contributed by atoms with Gasteiger partial charge in [-0.2, -0.15) is 4.39 Å². The Balaban J connectivity index is 1.80. The van der Waals surface area contributed by atoms with Gasteiger partial charge in [0.25, 0.3) is 0 Å². The zero-order valence-electron chi connectivity index (χ0n) is 10.5. The quantitative estimate of drug-likeness (QED) is 0.845. The summed E-state index contributed by atoms with van der Waals surface area (Å²) in [5.74, 6) is -0.366. The number of nitrogens with zero attached hydrogens (tertiary/aromatic N) is 1. The first-order valence-corrected chi connectivity index (χ1v) is 7.62. The average molecular weight is 274 g/mol. The Morgan fingerprint density at radius 3 is 2.84 bits per heavy atom. The van der Waals surface area contributed by atoms with Crippen molar-refractivity contribution in [3.63, 3.8) is 0 Å². The first-order chi connectivity index (χ1) is 9.27. The zero-order chi connectivity index (χ0) is 12.9. The standard InChI is InChI=1S/C15H15FN2S/c16-14-12(13-2-1-7-19-13)8-10(9-17-14)15-5-3-11(18-15)4-6-15/h1-2,7-9,11,18H,3-6H2. The smallest absolute Gasteiger partial charge is 0.221 e. The van der Waals surface area contributed by atoms with Crippen molar-refractivity contribution in [1.29, 1.82) is 0 Å². The highest BCUT2D eigenvalue weighted by molar-refractivity contribution is 7.13.